The summed E-state index contributed by atoms with van der Waals surface area (Å²) >= 11 is 5.15. The molecule has 2 aromatic rings. The quantitative estimate of drug-likeness (QED) is 0.859. The molecule has 0 aliphatic heterocycles. The summed E-state index contributed by atoms with van der Waals surface area (Å²) in [5.74, 6) is 0.0156. The van der Waals surface area contributed by atoms with Gasteiger partial charge in [-0.05, 0) is 66.2 Å². The van der Waals surface area contributed by atoms with Gasteiger partial charge in [-0.15, -0.1) is 11.3 Å². The van der Waals surface area contributed by atoms with Gasteiger partial charge in [0.1, 0.15) is 0 Å². The van der Waals surface area contributed by atoms with Gasteiger partial charge in [-0.3, -0.25) is 9.69 Å². The first-order chi connectivity index (χ1) is 9.94. The lowest BCUT2D eigenvalue weighted by molar-refractivity contribution is -0.117. The van der Waals surface area contributed by atoms with Crippen LogP contribution in [0.4, 0.5) is 5.69 Å². The number of likely N-dealkylation sites (N-methyl/N-ethyl adjacent to an activating group) is 1. The van der Waals surface area contributed by atoms with Crippen LogP contribution in [0.25, 0.3) is 0 Å². The Bertz CT molecular complexity index is 639. The van der Waals surface area contributed by atoms with Crippen molar-refractivity contribution in [1.82, 2.24) is 4.90 Å². The molecule has 3 nitrogen and oxygen atoms in total. The maximum Gasteiger partial charge on any atom is 0.238 e. The molecule has 0 atom stereocenters. The number of aryl methyl sites for hydroxylation is 2. The van der Waals surface area contributed by atoms with Crippen LogP contribution in [0, 0.1) is 13.8 Å². The number of anilines is 1. The molecule has 1 aromatic heterocycles. The molecule has 1 N–H and O–H groups in total. The Morgan fingerprint density at radius 3 is 2.71 bits per heavy atom. The Morgan fingerprint density at radius 1 is 1.29 bits per heavy atom. The van der Waals surface area contributed by atoms with Crippen molar-refractivity contribution in [2.75, 3.05) is 18.9 Å². The monoisotopic (exact) mass is 366 g/mol. The molecule has 5 heteroatoms. The molecule has 0 bridgehead atoms. The predicted molar refractivity (Wildman–Crippen MR) is 92.9 cm³/mol. The fourth-order valence-corrected chi connectivity index (χ4v) is 3.63. The topological polar surface area (TPSA) is 32.3 Å². The van der Waals surface area contributed by atoms with Gasteiger partial charge in [0.15, 0.2) is 0 Å². The Morgan fingerprint density at radius 2 is 2.05 bits per heavy atom. The smallest absolute Gasteiger partial charge is 0.238 e. The molecule has 1 heterocycles. The third-order valence-corrected chi connectivity index (χ3v) is 4.74. The summed E-state index contributed by atoms with van der Waals surface area (Å²) in [6, 6.07) is 10.2. The average Bonchev–Trinajstić information content (AvgIpc) is 2.79. The van der Waals surface area contributed by atoms with Crippen LogP contribution in [-0.4, -0.2) is 24.4 Å². The van der Waals surface area contributed by atoms with E-state index in [1.165, 1.54) is 4.88 Å². The van der Waals surface area contributed by atoms with Gasteiger partial charge in [-0.2, -0.15) is 0 Å². The highest BCUT2D eigenvalue weighted by Gasteiger charge is 2.10. The minimum Gasteiger partial charge on any atom is -0.325 e. The van der Waals surface area contributed by atoms with E-state index in [1.54, 1.807) is 11.3 Å². The number of rotatable bonds is 5. The fourth-order valence-electron chi connectivity index (χ4n) is 2.06. The van der Waals surface area contributed by atoms with Crippen LogP contribution in [-0.2, 0) is 11.3 Å². The van der Waals surface area contributed by atoms with E-state index < -0.39 is 0 Å². The summed E-state index contributed by atoms with van der Waals surface area (Å²) in [5.41, 5.74) is 3.12. The first-order valence-corrected chi connectivity index (χ1v) is 8.35. The van der Waals surface area contributed by atoms with E-state index in [0.29, 0.717) is 6.54 Å². The first-order valence-electron chi connectivity index (χ1n) is 6.74. The zero-order valence-electron chi connectivity index (χ0n) is 12.4. The highest BCUT2D eigenvalue weighted by Crippen LogP contribution is 2.23. The highest BCUT2D eigenvalue weighted by atomic mass is 79.9. The summed E-state index contributed by atoms with van der Waals surface area (Å²) in [6.07, 6.45) is 0. The number of carbonyl (C=O) groups is 1. The van der Waals surface area contributed by atoms with E-state index in [1.807, 2.05) is 50.1 Å². The van der Waals surface area contributed by atoms with Gasteiger partial charge in [-0.25, -0.2) is 0 Å². The average molecular weight is 367 g/mol. The van der Waals surface area contributed by atoms with E-state index >= 15 is 0 Å². The van der Waals surface area contributed by atoms with Gasteiger partial charge < -0.3 is 5.32 Å². The maximum atomic E-state index is 12.1. The third-order valence-electron chi connectivity index (χ3n) is 3.14. The van der Waals surface area contributed by atoms with Crippen LogP contribution >= 0.6 is 27.3 Å². The maximum absolute atomic E-state index is 12.1. The zero-order chi connectivity index (χ0) is 15.4. The first kappa shape index (κ1) is 16.2. The Balaban J connectivity index is 1.90. The van der Waals surface area contributed by atoms with Gasteiger partial charge in [0.25, 0.3) is 0 Å². The van der Waals surface area contributed by atoms with Crippen LogP contribution in [0.2, 0.25) is 0 Å². The molecule has 2 rings (SSSR count). The predicted octanol–water partition coefficient (Wildman–Crippen LogP) is 4.20. The van der Waals surface area contributed by atoms with Gasteiger partial charge in [0.05, 0.1) is 10.3 Å². The van der Waals surface area contributed by atoms with Crippen molar-refractivity contribution in [2.24, 2.45) is 0 Å². The zero-order valence-corrected chi connectivity index (χ0v) is 14.8. The van der Waals surface area contributed by atoms with Crippen LogP contribution in [0.15, 0.2) is 34.1 Å². The number of carbonyl (C=O) groups excluding carboxylic acids is 1. The van der Waals surface area contributed by atoms with Gasteiger partial charge in [0, 0.05) is 17.1 Å². The largest absolute Gasteiger partial charge is 0.325 e. The number of nitrogens with one attached hydrogen (secondary N) is 1. The fraction of sp³-hybridized carbons (Fsp3) is 0.312. The molecule has 0 aliphatic rings. The van der Waals surface area contributed by atoms with E-state index in [4.69, 9.17) is 0 Å². The molecule has 0 unspecified atom stereocenters. The number of benzene rings is 1. The van der Waals surface area contributed by atoms with Crippen molar-refractivity contribution in [3.63, 3.8) is 0 Å². The molecule has 1 aromatic carbocycles. The molecular formula is C16H19BrN2OS. The molecule has 0 saturated carbocycles. The molecule has 0 fully saturated rings. The van der Waals surface area contributed by atoms with Crippen LogP contribution in [0.3, 0.4) is 0 Å². The normalized spacial score (nSPS) is 10.9. The molecule has 0 radical (unpaired) electrons. The molecule has 21 heavy (non-hydrogen) atoms. The van der Waals surface area contributed by atoms with Gasteiger partial charge >= 0.3 is 0 Å². The lowest BCUT2D eigenvalue weighted by atomic mass is 10.1. The Hall–Kier alpha value is -1.17. The Labute approximate surface area is 138 Å². The lowest BCUT2D eigenvalue weighted by Gasteiger charge is -2.16. The third kappa shape index (κ3) is 4.95. The van der Waals surface area contributed by atoms with E-state index in [2.05, 4.69) is 27.3 Å². The minimum absolute atomic E-state index is 0.0156. The van der Waals surface area contributed by atoms with Crippen LogP contribution in [0.5, 0.6) is 0 Å². The summed E-state index contributed by atoms with van der Waals surface area (Å²) in [5, 5.41) is 2.99. The lowest BCUT2D eigenvalue weighted by Crippen LogP contribution is -2.29. The second kappa shape index (κ2) is 7.20. The number of nitrogens with zero attached hydrogens (tertiary/aromatic N) is 1. The molecule has 1 amide bonds. The second-order valence-corrected chi connectivity index (χ2v) is 7.79. The van der Waals surface area contributed by atoms with Crippen molar-refractivity contribution in [3.05, 3.63) is 50.1 Å². The van der Waals surface area contributed by atoms with Crippen LogP contribution in [0.1, 0.15) is 16.0 Å². The number of thiophene rings is 1. The van der Waals surface area contributed by atoms with Crippen molar-refractivity contribution in [3.8, 4) is 0 Å². The minimum atomic E-state index is 0.0156. The van der Waals surface area contributed by atoms with Crippen LogP contribution < -0.4 is 5.32 Å². The van der Waals surface area contributed by atoms with Crippen molar-refractivity contribution >= 4 is 38.9 Å². The number of amides is 1. The van der Waals surface area contributed by atoms with E-state index in [9.17, 15) is 4.79 Å². The summed E-state index contributed by atoms with van der Waals surface area (Å²) in [6.45, 7) is 5.18. The molecule has 0 spiro atoms. The van der Waals surface area contributed by atoms with Crippen molar-refractivity contribution in [1.29, 1.82) is 0 Å². The van der Waals surface area contributed by atoms with Gasteiger partial charge in [-0.1, -0.05) is 12.1 Å². The second-order valence-electron chi connectivity index (χ2n) is 5.24. The van der Waals surface area contributed by atoms with Crippen molar-refractivity contribution < 1.29 is 4.79 Å². The molecule has 112 valence electrons. The number of hydrogen-bond acceptors (Lipinski definition) is 3. The summed E-state index contributed by atoms with van der Waals surface area (Å²) in [4.78, 5) is 15.4. The molecule has 0 aliphatic carbocycles. The number of halogens is 1. The number of hydrogen-bond donors (Lipinski definition) is 1. The van der Waals surface area contributed by atoms with Crippen molar-refractivity contribution in [2.45, 2.75) is 20.4 Å². The highest BCUT2D eigenvalue weighted by molar-refractivity contribution is 9.11. The van der Waals surface area contributed by atoms with E-state index in [0.717, 1.165) is 27.1 Å². The Kier molecular flexibility index (Phi) is 5.56. The molecule has 0 saturated heterocycles. The molecular weight excluding hydrogens is 348 g/mol. The summed E-state index contributed by atoms with van der Waals surface area (Å²) in [7, 11) is 1.95. The standard InChI is InChI=1S/C16H19BrN2OS/c1-11-4-5-12(2)14(8-11)18-16(20)10-19(3)9-13-6-7-15(17)21-13/h4-8H,9-10H2,1-3H3,(H,18,20). The SMILES string of the molecule is Cc1ccc(C)c(NC(=O)CN(C)Cc2ccc(Br)s2)c1. The summed E-state index contributed by atoms with van der Waals surface area (Å²) < 4.78 is 1.12. The van der Waals surface area contributed by atoms with E-state index in [-0.39, 0.29) is 5.91 Å². The van der Waals surface area contributed by atoms with Gasteiger partial charge in [0.2, 0.25) is 5.91 Å².